The lowest BCUT2D eigenvalue weighted by Crippen LogP contribution is -2.38. The van der Waals surface area contributed by atoms with Crippen LogP contribution in [0.25, 0.3) is 11.1 Å². The van der Waals surface area contributed by atoms with Gasteiger partial charge in [0, 0.05) is 40.1 Å². The summed E-state index contributed by atoms with van der Waals surface area (Å²) in [7, 11) is 0. The molecule has 0 atom stereocenters. The highest BCUT2D eigenvalue weighted by molar-refractivity contribution is 6.33. The topological polar surface area (TPSA) is 43.4 Å². The molecule has 6 heteroatoms. The Kier molecular flexibility index (Phi) is 5.42. The molecule has 0 amide bonds. The average molecular weight is 441 g/mol. The van der Waals surface area contributed by atoms with Gasteiger partial charge in [-0.1, -0.05) is 41.4 Å². The summed E-state index contributed by atoms with van der Waals surface area (Å²) < 4.78 is 11.5. The number of pyridine rings is 1. The Bertz CT molecular complexity index is 1060. The molecule has 1 aliphatic heterocycles. The van der Waals surface area contributed by atoms with Gasteiger partial charge in [0.1, 0.15) is 11.9 Å². The third kappa shape index (κ3) is 3.93. The molecular weight excluding hydrogens is 419 g/mol. The minimum Gasteiger partial charge on any atom is -0.485 e. The lowest BCUT2D eigenvalue weighted by molar-refractivity contribution is -0.0794. The monoisotopic (exact) mass is 440 g/mol. The number of ether oxygens (including phenoxy) is 2. The van der Waals surface area contributed by atoms with Crippen LogP contribution in [-0.2, 0) is 16.8 Å². The molecule has 2 aliphatic rings. The first-order valence-electron chi connectivity index (χ1n) is 10.1. The van der Waals surface area contributed by atoms with Crippen molar-refractivity contribution in [3.63, 3.8) is 0 Å². The standard InChI is InChI=1S/C24H22Cl2N2O2/c25-17-5-6-22(26)16(11-17)12-28-24(8-9-24)21-13-27-10-7-19(21)20-3-1-2-4-23(20)30-18-14-29-15-18/h1-7,10-11,13,18,28H,8-9,12,14-15H2. The van der Waals surface area contributed by atoms with Gasteiger partial charge in [0.25, 0.3) is 0 Å². The Balaban J connectivity index is 1.45. The highest BCUT2D eigenvalue weighted by atomic mass is 35.5. The zero-order chi connectivity index (χ0) is 20.6. The fraction of sp³-hybridized carbons (Fsp3) is 0.292. The Morgan fingerprint density at radius 2 is 1.90 bits per heavy atom. The largest absolute Gasteiger partial charge is 0.485 e. The fourth-order valence-corrected chi connectivity index (χ4v) is 4.25. The first-order valence-corrected chi connectivity index (χ1v) is 10.9. The fourth-order valence-electron chi connectivity index (χ4n) is 3.87. The number of benzene rings is 2. The van der Waals surface area contributed by atoms with Crippen LogP contribution in [-0.4, -0.2) is 24.3 Å². The second-order valence-electron chi connectivity index (χ2n) is 7.87. The first kappa shape index (κ1) is 19.8. The molecule has 0 bridgehead atoms. The second-order valence-corrected chi connectivity index (χ2v) is 8.71. The van der Waals surface area contributed by atoms with E-state index in [-0.39, 0.29) is 11.6 Å². The van der Waals surface area contributed by atoms with Gasteiger partial charge in [0.15, 0.2) is 0 Å². The Morgan fingerprint density at radius 1 is 1.07 bits per heavy atom. The van der Waals surface area contributed by atoms with Gasteiger partial charge >= 0.3 is 0 Å². The van der Waals surface area contributed by atoms with E-state index in [9.17, 15) is 0 Å². The molecule has 1 saturated carbocycles. The maximum Gasteiger partial charge on any atom is 0.145 e. The van der Waals surface area contributed by atoms with Crippen LogP contribution >= 0.6 is 23.2 Å². The first-order chi connectivity index (χ1) is 14.6. The van der Waals surface area contributed by atoms with Crippen molar-refractivity contribution in [1.29, 1.82) is 0 Å². The van der Waals surface area contributed by atoms with Crippen LogP contribution in [0.15, 0.2) is 60.9 Å². The van der Waals surface area contributed by atoms with Crippen LogP contribution in [0.1, 0.15) is 24.0 Å². The van der Waals surface area contributed by atoms with E-state index in [4.69, 9.17) is 32.7 Å². The van der Waals surface area contributed by atoms with Gasteiger partial charge in [0.05, 0.1) is 13.2 Å². The van der Waals surface area contributed by atoms with Crippen LogP contribution < -0.4 is 10.1 Å². The molecular formula is C24H22Cl2N2O2. The number of hydrogen-bond acceptors (Lipinski definition) is 4. The number of hydrogen-bond donors (Lipinski definition) is 1. The van der Waals surface area contributed by atoms with Crippen molar-refractivity contribution >= 4 is 23.2 Å². The van der Waals surface area contributed by atoms with Crippen LogP contribution in [0.2, 0.25) is 10.0 Å². The molecule has 154 valence electrons. The minimum absolute atomic E-state index is 0.120. The van der Waals surface area contributed by atoms with Crippen LogP contribution in [0.3, 0.4) is 0 Å². The molecule has 3 aromatic rings. The van der Waals surface area contributed by atoms with Crippen LogP contribution in [0.4, 0.5) is 0 Å². The highest BCUT2D eigenvalue weighted by Crippen LogP contribution is 2.50. The van der Waals surface area contributed by atoms with E-state index in [1.807, 2.05) is 48.8 Å². The molecule has 1 N–H and O–H groups in total. The van der Waals surface area contributed by atoms with E-state index in [0.29, 0.717) is 24.8 Å². The molecule has 0 spiro atoms. The number of nitrogens with zero attached hydrogens (tertiary/aromatic N) is 1. The predicted molar refractivity (Wildman–Crippen MR) is 119 cm³/mol. The Labute approximate surface area is 186 Å². The SMILES string of the molecule is Clc1ccc(Cl)c(CNC2(c3cnccc3-c3ccccc3OC3COC3)CC2)c1. The molecule has 30 heavy (non-hydrogen) atoms. The number of para-hydroxylation sites is 1. The van der Waals surface area contributed by atoms with Gasteiger partial charge in [-0.2, -0.15) is 0 Å². The van der Waals surface area contributed by atoms with Crippen molar-refractivity contribution < 1.29 is 9.47 Å². The van der Waals surface area contributed by atoms with E-state index in [1.54, 1.807) is 0 Å². The molecule has 1 aromatic heterocycles. The van der Waals surface area contributed by atoms with Gasteiger partial charge < -0.3 is 14.8 Å². The summed E-state index contributed by atoms with van der Waals surface area (Å²) in [5, 5.41) is 5.13. The van der Waals surface area contributed by atoms with Crippen LogP contribution in [0, 0.1) is 0 Å². The molecule has 2 aromatic carbocycles. The van der Waals surface area contributed by atoms with E-state index in [1.165, 1.54) is 5.56 Å². The molecule has 2 fully saturated rings. The molecule has 2 heterocycles. The number of halogens is 2. The number of aromatic nitrogens is 1. The lowest BCUT2D eigenvalue weighted by atomic mass is 9.94. The highest BCUT2D eigenvalue weighted by Gasteiger charge is 2.45. The summed E-state index contributed by atoms with van der Waals surface area (Å²) in [6.07, 6.45) is 6.02. The van der Waals surface area contributed by atoms with Crippen molar-refractivity contribution in [2.24, 2.45) is 0 Å². The zero-order valence-corrected chi connectivity index (χ0v) is 17.9. The maximum atomic E-state index is 6.37. The van der Waals surface area contributed by atoms with Crippen molar-refractivity contribution in [3.05, 3.63) is 82.1 Å². The number of nitrogens with one attached hydrogen (secondary N) is 1. The summed E-state index contributed by atoms with van der Waals surface area (Å²) in [6, 6.07) is 15.8. The minimum atomic E-state index is -0.123. The van der Waals surface area contributed by atoms with Gasteiger partial charge in [-0.05, 0) is 59.9 Å². The summed E-state index contributed by atoms with van der Waals surface area (Å²) in [5.41, 5.74) is 4.28. The molecule has 0 radical (unpaired) electrons. The smallest absolute Gasteiger partial charge is 0.145 e. The summed E-state index contributed by atoms with van der Waals surface area (Å²) in [5.74, 6) is 0.881. The Hall–Kier alpha value is -2.11. The van der Waals surface area contributed by atoms with Gasteiger partial charge in [-0.15, -0.1) is 0 Å². The van der Waals surface area contributed by atoms with Crippen LogP contribution in [0.5, 0.6) is 5.75 Å². The van der Waals surface area contributed by atoms with E-state index in [2.05, 4.69) is 22.4 Å². The summed E-state index contributed by atoms with van der Waals surface area (Å²) >= 11 is 12.5. The third-order valence-electron chi connectivity index (χ3n) is 5.79. The molecule has 4 nitrogen and oxygen atoms in total. The van der Waals surface area contributed by atoms with E-state index in [0.717, 1.165) is 40.3 Å². The van der Waals surface area contributed by atoms with Crippen molar-refractivity contribution in [2.75, 3.05) is 13.2 Å². The van der Waals surface area contributed by atoms with Gasteiger partial charge in [0.2, 0.25) is 0 Å². The maximum absolute atomic E-state index is 6.37. The van der Waals surface area contributed by atoms with Gasteiger partial charge in [-0.25, -0.2) is 0 Å². The third-order valence-corrected chi connectivity index (χ3v) is 6.39. The summed E-state index contributed by atoms with van der Waals surface area (Å²) in [4.78, 5) is 4.43. The summed E-state index contributed by atoms with van der Waals surface area (Å²) in [6.45, 7) is 1.93. The zero-order valence-electron chi connectivity index (χ0n) is 16.4. The quantitative estimate of drug-likeness (QED) is 0.518. The number of rotatable bonds is 7. The van der Waals surface area contributed by atoms with E-state index >= 15 is 0 Å². The van der Waals surface area contributed by atoms with Gasteiger partial charge in [-0.3, -0.25) is 4.98 Å². The Morgan fingerprint density at radius 3 is 2.67 bits per heavy atom. The van der Waals surface area contributed by atoms with Crippen molar-refractivity contribution in [2.45, 2.75) is 31.0 Å². The lowest BCUT2D eigenvalue weighted by Gasteiger charge is -2.28. The van der Waals surface area contributed by atoms with E-state index < -0.39 is 0 Å². The second kappa shape index (κ2) is 8.20. The molecule has 5 rings (SSSR count). The molecule has 1 aliphatic carbocycles. The molecule has 1 saturated heterocycles. The normalized spacial score (nSPS) is 17.4. The molecule has 0 unspecified atom stereocenters. The van der Waals surface area contributed by atoms with Crippen molar-refractivity contribution in [3.8, 4) is 16.9 Å². The predicted octanol–water partition coefficient (Wildman–Crippen LogP) is 5.61. The average Bonchev–Trinajstić information content (AvgIpc) is 3.53. The van der Waals surface area contributed by atoms with Crippen molar-refractivity contribution in [1.82, 2.24) is 10.3 Å².